The Morgan fingerprint density at radius 2 is 1.73 bits per heavy atom. The maximum absolute atomic E-state index is 12.6. The highest BCUT2D eigenvalue weighted by molar-refractivity contribution is 5.78. The number of amides is 1. The van der Waals surface area contributed by atoms with Crippen LogP contribution in [0.4, 0.5) is 0 Å². The highest BCUT2D eigenvalue weighted by atomic mass is 16.6. The molecule has 0 aliphatic carbocycles. The molecule has 0 unspecified atom stereocenters. The van der Waals surface area contributed by atoms with Gasteiger partial charge in [-0.1, -0.05) is 35.9 Å². The lowest BCUT2D eigenvalue weighted by atomic mass is 10.1. The molecule has 2 aliphatic heterocycles. The van der Waals surface area contributed by atoms with Crippen LogP contribution in [0, 0.1) is 6.92 Å². The van der Waals surface area contributed by atoms with Gasteiger partial charge in [-0.05, 0) is 37.1 Å². The predicted octanol–water partition coefficient (Wildman–Crippen LogP) is 2.76. The Morgan fingerprint density at radius 3 is 2.50 bits per heavy atom. The number of carbonyl (C=O) groups is 1. The van der Waals surface area contributed by atoms with Crippen molar-refractivity contribution < 1.29 is 14.3 Å². The number of aryl methyl sites for hydroxylation is 1. The molecule has 1 fully saturated rings. The number of rotatable bonds is 6. The summed E-state index contributed by atoms with van der Waals surface area (Å²) in [7, 11) is 0. The minimum Gasteiger partial charge on any atom is -0.486 e. The van der Waals surface area contributed by atoms with E-state index >= 15 is 0 Å². The van der Waals surface area contributed by atoms with Gasteiger partial charge in [-0.25, -0.2) is 0 Å². The Hall–Kier alpha value is -2.57. The average molecular weight is 410 g/mol. The van der Waals surface area contributed by atoms with E-state index in [-0.39, 0.29) is 11.9 Å². The van der Waals surface area contributed by atoms with Crippen molar-refractivity contribution in [2.75, 3.05) is 45.9 Å². The van der Waals surface area contributed by atoms with Crippen LogP contribution in [0.5, 0.6) is 11.5 Å². The van der Waals surface area contributed by atoms with Gasteiger partial charge >= 0.3 is 0 Å². The van der Waals surface area contributed by atoms with Crippen LogP contribution in [-0.4, -0.2) is 61.6 Å². The first kappa shape index (κ1) is 20.7. The number of carbonyl (C=O) groups excluding carboxylic acids is 1. The summed E-state index contributed by atoms with van der Waals surface area (Å²) in [5.74, 6) is 1.58. The second kappa shape index (κ2) is 9.49. The molecule has 1 amide bonds. The first-order valence-corrected chi connectivity index (χ1v) is 10.8. The van der Waals surface area contributed by atoms with E-state index < -0.39 is 0 Å². The fourth-order valence-corrected chi connectivity index (χ4v) is 4.08. The summed E-state index contributed by atoms with van der Waals surface area (Å²) in [6.07, 6.45) is 0. The summed E-state index contributed by atoms with van der Waals surface area (Å²) in [6, 6.07) is 14.5. The number of nitrogens with one attached hydrogen (secondary N) is 1. The van der Waals surface area contributed by atoms with Crippen LogP contribution >= 0.6 is 0 Å². The zero-order chi connectivity index (χ0) is 20.9. The Kier molecular flexibility index (Phi) is 6.55. The molecule has 0 radical (unpaired) electrons. The molecular formula is C24H31N3O3. The van der Waals surface area contributed by atoms with Crippen molar-refractivity contribution in [3.8, 4) is 11.5 Å². The smallest absolute Gasteiger partial charge is 0.234 e. The molecule has 160 valence electrons. The zero-order valence-corrected chi connectivity index (χ0v) is 17.9. The molecule has 0 bridgehead atoms. The van der Waals surface area contributed by atoms with Crippen LogP contribution in [0.3, 0.4) is 0 Å². The number of nitrogens with zero attached hydrogens (tertiary/aromatic N) is 2. The third-order valence-corrected chi connectivity index (χ3v) is 5.76. The lowest BCUT2D eigenvalue weighted by Crippen LogP contribution is -2.49. The molecule has 1 saturated heterocycles. The normalized spacial score (nSPS) is 18.1. The van der Waals surface area contributed by atoms with E-state index in [1.165, 1.54) is 11.1 Å². The Morgan fingerprint density at radius 1 is 1.00 bits per heavy atom. The molecule has 0 saturated carbocycles. The summed E-state index contributed by atoms with van der Waals surface area (Å²) in [5, 5.41) is 3.12. The largest absolute Gasteiger partial charge is 0.486 e. The van der Waals surface area contributed by atoms with E-state index in [0.717, 1.165) is 49.8 Å². The number of hydrogen-bond acceptors (Lipinski definition) is 5. The maximum atomic E-state index is 12.6. The zero-order valence-electron chi connectivity index (χ0n) is 17.9. The van der Waals surface area contributed by atoms with Gasteiger partial charge in [-0.3, -0.25) is 14.6 Å². The number of fused-ring (bicyclic) bond motifs is 1. The van der Waals surface area contributed by atoms with Crippen molar-refractivity contribution in [2.45, 2.75) is 26.4 Å². The number of hydrogen-bond donors (Lipinski definition) is 1. The van der Waals surface area contributed by atoms with Gasteiger partial charge in [0, 0.05) is 32.7 Å². The van der Waals surface area contributed by atoms with Gasteiger partial charge in [-0.2, -0.15) is 0 Å². The van der Waals surface area contributed by atoms with Crippen LogP contribution < -0.4 is 14.8 Å². The first-order chi connectivity index (χ1) is 14.6. The van der Waals surface area contributed by atoms with Gasteiger partial charge in [0.05, 0.1) is 12.6 Å². The molecule has 6 heteroatoms. The summed E-state index contributed by atoms with van der Waals surface area (Å²) in [4.78, 5) is 17.3. The molecule has 1 N–H and O–H groups in total. The third kappa shape index (κ3) is 5.32. The van der Waals surface area contributed by atoms with Crippen molar-refractivity contribution in [2.24, 2.45) is 0 Å². The SMILES string of the molecule is Cc1cccc(CN2CCN(CC(=O)N[C@@H](C)c3ccc4c(c3)OCCO4)CC2)c1. The van der Waals surface area contributed by atoms with Gasteiger partial charge in [0.2, 0.25) is 5.91 Å². The second-order valence-corrected chi connectivity index (χ2v) is 8.23. The lowest BCUT2D eigenvalue weighted by Gasteiger charge is -2.34. The summed E-state index contributed by atoms with van der Waals surface area (Å²) in [5.41, 5.74) is 3.68. The molecule has 1 atom stereocenters. The van der Waals surface area contributed by atoms with Gasteiger partial charge in [0.1, 0.15) is 13.2 Å². The molecule has 0 aromatic heterocycles. The van der Waals surface area contributed by atoms with E-state index in [1.807, 2.05) is 25.1 Å². The fraction of sp³-hybridized carbons (Fsp3) is 0.458. The number of ether oxygens (including phenoxy) is 2. The van der Waals surface area contributed by atoms with Gasteiger partial charge in [0.25, 0.3) is 0 Å². The van der Waals surface area contributed by atoms with E-state index in [4.69, 9.17) is 9.47 Å². The van der Waals surface area contributed by atoms with Crippen molar-refractivity contribution >= 4 is 5.91 Å². The minimum atomic E-state index is -0.0732. The van der Waals surface area contributed by atoms with Crippen molar-refractivity contribution in [1.29, 1.82) is 0 Å². The Bertz CT molecular complexity index is 878. The van der Waals surface area contributed by atoms with E-state index in [2.05, 4.69) is 46.3 Å². The first-order valence-electron chi connectivity index (χ1n) is 10.8. The topological polar surface area (TPSA) is 54.0 Å². The monoisotopic (exact) mass is 409 g/mol. The minimum absolute atomic E-state index is 0.0597. The van der Waals surface area contributed by atoms with Gasteiger partial charge < -0.3 is 14.8 Å². The summed E-state index contributed by atoms with van der Waals surface area (Å²) < 4.78 is 11.2. The third-order valence-electron chi connectivity index (χ3n) is 5.76. The predicted molar refractivity (Wildman–Crippen MR) is 117 cm³/mol. The number of benzene rings is 2. The maximum Gasteiger partial charge on any atom is 0.234 e. The van der Waals surface area contributed by atoms with Crippen molar-refractivity contribution in [3.63, 3.8) is 0 Å². The molecule has 6 nitrogen and oxygen atoms in total. The van der Waals surface area contributed by atoms with Crippen LogP contribution in [0.1, 0.15) is 29.7 Å². The van der Waals surface area contributed by atoms with Crippen molar-refractivity contribution in [1.82, 2.24) is 15.1 Å². The molecule has 2 aliphatic rings. The molecular weight excluding hydrogens is 378 g/mol. The molecule has 0 spiro atoms. The molecule has 2 aromatic carbocycles. The van der Waals surface area contributed by atoms with E-state index in [0.29, 0.717) is 19.8 Å². The Labute approximate surface area is 178 Å². The van der Waals surface area contributed by atoms with Crippen LogP contribution in [0.25, 0.3) is 0 Å². The fourth-order valence-electron chi connectivity index (χ4n) is 4.08. The second-order valence-electron chi connectivity index (χ2n) is 8.23. The highest BCUT2D eigenvalue weighted by Crippen LogP contribution is 2.32. The van der Waals surface area contributed by atoms with Crippen LogP contribution in [0.15, 0.2) is 42.5 Å². The lowest BCUT2D eigenvalue weighted by molar-refractivity contribution is -0.123. The van der Waals surface area contributed by atoms with Crippen LogP contribution in [-0.2, 0) is 11.3 Å². The van der Waals surface area contributed by atoms with Gasteiger partial charge in [-0.15, -0.1) is 0 Å². The Balaban J connectivity index is 1.23. The highest BCUT2D eigenvalue weighted by Gasteiger charge is 2.21. The van der Waals surface area contributed by atoms with E-state index in [1.54, 1.807) is 0 Å². The quantitative estimate of drug-likeness (QED) is 0.795. The number of piperazine rings is 1. The standard InChI is InChI=1S/C24H31N3O3/c1-18-4-3-5-20(14-18)16-26-8-10-27(11-9-26)17-24(28)25-19(2)21-6-7-22-23(15-21)30-13-12-29-22/h3-7,14-15,19H,8-13,16-17H2,1-2H3,(H,25,28)/t19-/m0/s1. The molecule has 2 aromatic rings. The molecule has 4 rings (SSSR count). The van der Waals surface area contributed by atoms with E-state index in [9.17, 15) is 4.79 Å². The summed E-state index contributed by atoms with van der Waals surface area (Å²) in [6.45, 7) is 10.5. The molecule has 2 heterocycles. The average Bonchev–Trinajstić information content (AvgIpc) is 2.75. The van der Waals surface area contributed by atoms with Gasteiger partial charge in [0.15, 0.2) is 11.5 Å². The molecule has 30 heavy (non-hydrogen) atoms. The summed E-state index contributed by atoms with van der Waals surface area (Å²) >= 11 is 0. The van der Waals surface area contributed by atoms with Crippen molar-refractivity contribution in [3.05, 3.63) is 59.2 Å². The van der Waals surface area contributed by atoms with Crippen LogP contribution in [0.2, 0.25) is 0 Å².